The first-order valence-electron chi connectivity index (χ1n) is 17.3. The number of nitrogens with zero attached hydrogens (tertiary/aromatic N) is 1. The monoisotopic (exact) mass is 855 g/mol. The van der Waals surface area contributed by atoms with Crippen molar-refractivity contribution in [2.75, 3.05) is 18.1 Å². The summed E-state index contributed by atoms with van der Waals surface area (Å²) >= 11 is 8.28. The van der Waals surface area contributed by atoms with Crippen molar-refractivity contribution in [1.82, 2.24) is 15.5 Å². The number of amides is 3. The molecule has 4 aliphatic rings. The van der Waals surface area contributed by atoms with Gasteiger partial charge in [0, 0.05) is 56.5 Å². The first kappa shape index (κ1) is 39.1. The highest BCUT2D eigenvalue weighted by Crippen LogP contribution is 2.44. The number of β-lactam (4-membered cyclic amide) rings is 1. The van der Waals surface area contributed by atoms with E-state index in [1.165, 1.54) is 60.3 Å². The number of rotatable bonds is 10. The number of halogens is 1. The number of carbonyl (C=O) groups is 5. The largest absolute Gasteiger partial charge is 0.508 e. The second-order valence-corrected chi connectivity index (χ2v) is 15.9. The normalized spacial score (nSPS) is 16.2. The van der Waals surface area contributed by atoms with E-state index >= 15 is 0 Å². The van der Waals surface area contributed by atoms with Crippen molar-refractivity contribution in [2.45, 2.75) is 16.3 Å². The molecule has 1 unspecified atom stereocenters. The first-order valence-corrected chi connectivity index (χ1v) is 19.7. The summed E-state index contributed by atoms with van der Waals surface area (Å²) in [4.78, 5) is 90.2. The molecule has 3 aliphatic heterocycles. The molecule has 1 saturated heterocycles. The maximum absolute atomic E-state index is 13.3. The smallest absolute Gasteiger partial charge is 0.352 e. The molecular formula is C40H26ClN3O13S2. The summed E-state index contributed by atoms with van der Waals surface area (Å²) < 4.78 is 11.0. The van der Waals surface area contributed by atoms with Crippen molar-refractivity contribution in [3.8, 4) is 33.9 Å². The molecule has 6 N–H and O–H groups in total. The zero-order chi connectivity index (χ0) is 41.9. The minimum Gasteiger partial charge on any atom is -0.508 e. The van der Waals surface area contributed by atoms with Gasteiger partial charge in [-0.25, -0.2) is 14.4 Å². The maximum atomic E-state index is 13.3. The number of phenolic OH excluding ortho intramolecular Hbond substituents is 2. The summed E-state index contributed by atoms with van der Waals surface area (Å²) in [6.07, 6.45) is 0. The highest BCUT2D eigenvalue weighted by atomic mass is 35.5. The summed E-state index contributed by atoms with van der Waals surface area (Å²) in [5.41, 5.74) is -0.304. The lowest BCUT2D eigenvalue weighted by molar-refractivity contribution is -0.150. The third kappa shape index (κ3) is 7.21. The van der Waals surface area contributed by atoms with Gasteiger partial charge in [0.2, 0.25) is 5.91 Å². The minimum absolute atomic E-state index is 0.0173. The summed E-state index contributed by atoms with van der Waals surface area (Å²) in [6, 6.07) is 15.7. The number of hydrogen-bond acceptors (Lipinski definition) is 13. The number of aromatic carboxylic acids is 1. The van der Waals surface area contributed by atoms with Crippen LogP contribution in [0.5, 0.6) is 11.5 Å². The van der Waals surface area contributed by atoms with Crippen molar-refractivity contribution in [2.24, 2.45) is 0 Å². The van der Waals surface area contributed by atoms with Crippen molar-refractivity contribution in [3.63, 3.8) is 0 Å². The van der Waals surface area contributed by atoms with Crippen molar-refractivity contribution in [3.05, 3.63) is 121 Å². The third-order valence-corrected chi connectivity index (χ3v) is 12.3. The molecule has 0 radical (unpaired) electrons. The Labute approximate surface area is 343 Å². The number of carboxylic acids is 2. The number of nitrogens with one attached hydrogen (secondary N) is 2. The van der Waals surface area contributed by atoms with Crippen LogP contribution in [-0.2, 0) is 14.4 Å². The number of phenols is 2. The number of thioether (sulfide) groups is 2. The molecule has 298 valence electrons. The molecule has 3 aromatic carbocycles. The lowest BCUT2D eigenvalue weighted by Gasteiger charge is -2.49. The summed E-state index contributed by atoms with van der Waals surface area (Å²) in [7, 11) is 0. The number of benzene rings is 4. The molecule has 0 spiro atoms. The Balaban J connectivity index is 0.966. The van der Waals surface area contributed by atoms with Crippen LogP contribution in [-0.4, -0.2) is 84.5 Å². The number of carboxylic acid groups (broad SMARTS) is 2. The van der Waals surface area contributed by atoms with E-state index in [1.807, 2.05) is 0 Å². The van der Waals surface area contributed by atoms with Crippen molar-refractivity contribution in [1.29, 1.82) is 0 Å². The van der Waals surface area contributed by atoms with Crippen LogP contribution in [0.15, 0.2) is 107 Å². The fourth-order valence-electron chi connectivity index (χ4n) is 6.89. The van der Waals surface area contributed by atoms with Crippen LogP contribution in [0.2, 0.25) is 5.02 Å². The first-order chi connectivity index (χ1) is 28.2. The Bertz CT molecular complexity index is 2960. The second kappa shape index (κ2) is 15.2. The number of aromatic hydroxyl groups is 2. The second-order valence-electron chi connectivity index (χ2n) is 13.3. The van der Waals surface area contributed by atoms with Gasteiger partial charge in [-0.15, -0.1) is 23.5 Å². The molecule has 0 saturated carbocycles. The topological polar surface area (TPSA) is 254 Å². The number of hydrogen-bond donors (Lipinski definition) is 6. The van der Waals surface area contributed by atoms with Crippen LogP contribution in [0.3, 0.4) is 0 Å². The van der Waals surface area contributed by atoms with Crippen LogP contribution < -0.4 is 21.7 Å². The molecule has 4 aromatic rings. The standard InChI is InChI=1S/C40H26ClN3O13S2/c41-26-8-16-7-25(40(55)57-28(16)12-27(26)47)35(49)42-13-31(48)43-33-36(50)44-34(39(53)54)17(15-59-37(33)44)14-58-20-3-6-21(24(11-20)38(51)52)32-22-4-1-18(45)9-29(22)56-30-10-19(46)2-5-23(30)32/h1-12,33,37,45,47H,13-15H2,(H,42,49)(H,43,48)(H,51,52)(H,53,54)/t33?,37-/m1/s1. The van der Waals surface area contributed by atoms with Gasteiger partial charge < -0.3 is 39.9 Å². The van der Waals surface area contributed by atoms with E-state index in [2.05, 4.69) is 10.6 Å². The highest BCUT2D eigenvalue weighted by Gasteiger charge is 2.54. The molecule has 19 heteroatoms. The Morgan fingerprint density at radius 2 is 1.64 bits per heavy atom. The van der Waals surface area contributed by atoms with Gasteiger partial charge in [0.05, 0.1) is 17.1 Å². The molecule has 1 fully saturated rings. The predicted molar refractivity (Wildman–Crippen MR) is 215 cm³/mol. The Morgan fingerprint density at radius 1 is 0.864 bits per heavy atom. The van der Waals surface area contributed by atoms with E-state index in [9.17, 15) is 54.0 Å². The number of fused-ring (bicyclic) bond motifs is 4. The third-order valence-electron chi connectivity index (χ3n) is 9.60. The number of carbonyl (C=O) groups excluding carboxylic acids is 3. The van der Waals surface area contributed by atoms with Crippen LogP contribution in [0.1, 0.15) is 20.7 Å². The van der Waals surface area contributed by atoms with Crippen LogP contribution in [0, 0.1) is 0 Å². The number of aliphatic carboxylic acids is 1. The molecule has 2 atom stereocenters. The zero-order valence-electron chi connectivity index (χ0n) is 29.8. The molecule has 8 rings (SSSR count). The molecule has 1 aromatic heterocycles. The molecule has 3 amide bonds. The van der Waals surface area contributed by atoms with Crippen molar-refractivity contribution >= 4 is 86.7 Å². The van der Waals surface area contributed by atoms with E-state index in [-0.39, 0.29) is 67.0 Å². The van der Waals surface area contributed by atoms with Gasteiger partial charge in [0.1, 0.15) is 51.1 Å². The Hall–Kier alpha value is -6.76. The van der Waals surface area contributed by atoms with E-state index in [0.29, 0.717) is 32.5 Å². The fraction of sp³-hybridized carbons (Fsp3) is 0.125. The average Bonchev–Trinajstić information content (AvgIpc) is 3.20. The van der Waals surface area contributed by atoms with Crippen molar-refractivity contribution < 1.29 is 53.2 Å². The van der Waals surface area contributed by atoms with Crippen LogP contribution in [0.25, 0.3) is 44.4 Å². The van der Waals surface area contributed by atoms with Gasteiger partial charge in [0.15, 0.2) is 5.43 Å². The molecule has 59 heavy (non-hydrogen) atoms. The van der Waals surface area contributed by atoms with Crippen LogP contribution >= 0.6 is 35.1 Å². The van der Waals surface area contributed by atoms with Gasteiger partial charge in [0.25, 0.3) is 11.8 Å². The van der Waals surface area contributed by atoms with Gasteiger partial charge in [-0.05, 0) is 59.7 Å². The van der Waals surface area contributed by atoms with Gasteiger partial charge >= 0.3 is 17.6 Å². The summed E-state index contributed by atoms with van der Waals surface area (Å²) in [5.74, 6) is -5.04. The minimum atomic E-state index is -1.37. The summed E-state index contributed by atoms with van der Waals surface area (Å²) in [6.45, 7) is -0.634. The lowest BCUT2D eigenvalue weighted by Crippen LogP contribution is -2.71. The molecule has 1 aliphatic carbocycles. The van der Waals surface area contributed by atoms with Crippen LogP contribution in [0.4, 0.5) is 0 Å². The van der Waals surface area contributed by atoms with Gasteiger partial charge in [-0.2, -0.15) is 0 Å². The highest BCUT2D eigenvalue weighted by molar-refractivity contribution is 8.01. The van der Waals surface area contributed by atoms with E-state index in [0.717, 1.165) is 22.7 Å². The van der Waals surface area contributed by atoms with Gasteiger partial charge in [-0.3, -0.25) is 24.1 Å². The lowest BCUT2D eigenvalue weighted by atomic mass is 9.91. The molecule has 16 nitrogen and oxygen atoms in total. The molecular weight excluding hydrogens is 830 g/mol. The zero-order valence-corrected chi connectivity index (χ0v) is 32.2. The molecule has 4 heterocycles. The maximum Gasteiger partial charge on any atom is 0.352 e. The quantitative estimate of drug-likeness (QED) is 0.0473. The Kier molecular flexibility index (Phi) is 10.1. The molecule has 0 bridgehead atoms. The summed E-state index contributed by atoms with van der Waals surface area (Å²) in [5, 5.41) is 45.1. The predicted octanol–water partition coefficient (Wildman–Crippen LogP) is 4.69. The average molecular weight is 856 g/mol. The Morgan fingerprint density at radius 3 is 2.41 bits per heavy atom. The van der Waals surface area contributed by atoms with E-state index in [4.69, 9.17) is 20.4 Å². The van der Waals surface area contributed by atoms with E-state index < -0.39 is 58.8 Å². The SMILES string of the molecule is O=C(CNC(=O)c1cc2cc(Cl)c(O)cc2oc1=O)NC1C(=O)N2C(C(=O)O)=C(CSc3ccc(-c4c5ccc(=O)cc-5oc5cc(O)ccc45)c(C(=O)O)c3)CS[C@H]12. The van der Waals surface area contributed by atoms with Gasteiger partial charge in [-0.1, -0.05) is 17.7 Å². The fourth-order valence-corrected chi connectivity index (χ4v) is 9.48. The van der Waals surface area contributed by atoms with E-state index in [1.54, 1.807) is 18.2 Å².